The molecule has 2 aromatic rings. The first kappa shape index (κ1) is 15.0. The molecular weight excluding hydrogens is 264 g/mol. The van der Waals surface area contributed by atoms with Crippen molar-refractivity contribution >= 4 is 11.6 Å². The Kier molecular flexibility index (Phi) is 3.98. The Balaban J connectivity index is 2.32. The van der Waals surface area contributed by atoms with Crippen molar-refractivity contribution in [1.29, 1.82) is 0 Å². The van der Waals surface area contributed by atoms with E-state index in [1.54, 1.807) is 7.05 Å². The van der Waals surface area contributed by atoms with Crippen molar-refractivity contribution in [2.24, 2.45) is 7.05 Å². The standard InChI is InChI=1S/C17H20N2O2/c1-17(2,3)13-7-5-6-8-14(13)18-16(21)12-9-10-15(20)19(4)11-12/h5-11H,1-4H3,(H,18,21). The van der Waals surface area contributed by atoms with Crippen LogP contribution in [0.15, 0.2) is 47.4 Å². The lowest BCUT2D eigenvalue weighted by Crippen LogP contribution is -2.21. The van der Waals surface area contributed by atoms with Crippen molar-refractivity contribution in [3.05, 3.63) is 64.1 Å². The number of carbonyl (C=O) groups excluding carboxylic acids is 1. The molecule has 0 aliphatic carbocycles. The predicted molar refractivity (Wildman–Crippen MR) is 84.8 cm³/mol. The molecule has 0 fully saturated rings. The van der Waals surface area contributed by atoms with Gasteiger partial charge in [-0.1, -0.05) is 39.0 Å². The smallest absolute Gasteiger partial charge is 0.257 e. The predicted octanol–water partition coefficient (Wildman–Crippen LogP) is 2.94. The molecule has 0 unspecified atom stereocenters. The molecule has 21 heavy (non-hydrogen) atoms. The van der Waals surface area contributed by atoms with E-state index < -0.39 is 0 Å². The summed E-state index contributed by atoms with van der Waals surface area (Å²) in [6, 6.07) is 10.7. The van der Waals surface area contributed by atoms with Crippen LogP contribution in [-0.4, -0.2) is 10.5 Å². The number of aromatic nitrogens is 1. The largest absolute Gasteiger partial charge is 0.322 e. The van der Waals surface area contributed by atoms with Crippen LogP contribution in [-0.2, 0) is 12.5 Å². The number of hydrogen-bond donors (Lipinski definition) is 1. The molecule has 2 rings (SSSR count). The molecule has 1 amide bonds. The van der Waals surface area contributed by atoms with Gasteiger partial charge in [0.05, 0.1) is 5.56 Å². The summed E-state index contributed by atoms with van der Waals surface area (Å²) in [7, 11) is 1.63. The minimum Gasteiger partial charge on any atom is -0.322 e. The van der Waals surface area contributed by atoms with E-state index in [1.807, 2.05) is 24.3 Å². The fourth-order valence-electron chi connectivity index (χ4n) is 2.17. The van der Waals surface area contributed by atoms with Crippen molar-refractivity contribution in [3.8, 4) is 0 Å². The third kappa shape index (κ3) is 3.40. The van der Waals surface area contributed by atoms with Crippen molar-refractivity contribution in [2.75, 3.05) is 5.32 Å². The fourth-order valence-corrected chi connectivity index (χ4v) is 2.17. The number of carbonyl (C=O) groups is 1. The van der Waals surface area contributed by atoms with E-state index in [4.69, 9.17) is 0 Å². The summed E-state index contributed by atoms with van der Waals surface area (Å²) in [6.07, 6.45) is 1.54. The van der Waals surface area contributed by atoms with Crippen molar-refractivity contribution < 1.29 is 4.79 Å². The maximum Gasteiger partial charge on any atom is 0.257 e. The molecule has 1 aromatic heterocycles. The van der Waals surface area contributed by atoms with Gasteiger partial charge in [0, 0.05) is 25.0 Å². The molecule has 0 spiro atoms. The van der Waals surface area contributed by atoms with E-state index in [-0.39, 0.29) is 16.9 Å². The van der Waals surface area contributed by atoms with Crippen LogP contribution in [0.2, 0.25) is 0 Å². The fraction of sp³-hybridized carbons (Fsp3) is 0.294. The van der Waals surface area contributed by atoms with E-state index in [2.05, 4.69) is 26.1 Å². The zero-order valence-corrected chi connectivity index (χ0v) is 12.8. The Morgan fingerprint density at radius 1 is 1.10 bits per heavy atom. The average Bonchev–Trinajstić information content (AvgIpc) is 2.41. The molecule has 0 radical (unpaired) electrons. The number of para-hydroxylation sites is 1. The second kappa shape index (κ2) is 5.56. The Morgan fingerprint density at radius 3 is 2.38 bits per heavy atom. The molecule has 4 nitrogen and oxygen atoms in total. The minimum absolute atomic E-state index is 0.0621. The molecule has 1 N–H and O–H groups in total. The van der Waals surface area contributed by atoms with Crippen LogP contribution in [0.5, 0.6) is 0 Å². The first-order valence-corrected chi connectivity index (χ1v) is 6.86. The van der Waals surface area contributed by atoms with Gasteiger partial charge in [-0.3, -0.25) is 9.59 Å². The van der Waals surface area contributed by atoms with Crippen LogP contribution in [0.3, 0.4) is 0 Å². The summed E-state index contributed by atoms with van der Waals surface area (Å²) >= 11 is 0. The van der Waals surface area contributed by atoms with Gasteiger partial charge in [-0.05, 0) is 23.1 Å². The summed E-state index contributed by atoms with van der Waals surface area (Å²) in [5.74, 6) is -0.220. The van der Waals surface area contributed by atoms with Gasteiger partial charge < -0.3 is 9.88 Å². The number of hydrogen-bond acceptors (Lipinski definition) is 2. The summed E-state index contributed by atoms with van der Waals surface area (Å²) < 4.78 is 1.39. The number of nitrogens with zero attached hydrogens (tertiary/aromatic N) is 1. The third-order valence-corrected chi connectivity index (χ3v) is 3.33. The number of nitrogens with one attached hydrogen (secondary N) is 1. The summed E-state index contributed by atoms with van der Waals surface area (Å²) in [5, 5.41) is 2.93. The molecule has 0 atom stereocenters. The summed E-state index contributed by atoms with van der Waals surface area (Å²) in [5.41, 5.74) is 2.13. The maximum absolute atomic E-state index is 12.3. The van der Waals surface area contributed by atoms with E-state index in [0.29, 0.717) is 5.56 Å². The van der Waals surface area contributed by atoms with E-state index in [1.165, 1.54) is 22.9 Å². The van der Waals surface area contributed by atoms with Gasteiger partial charge in [-0.25, -0.2) is 0 Å². The lowest BCUT2D eigenvalue weighted by Gasteiger charge is -2.23. The average molecular weight is 284 g/mol. The zero-order valence-electron chi connectivity index (χ0n) is 12.8. The molecule has 4 heteroatoms. The van der Waals surface area contributed by atoms with E-state index in [9.17, 15) is 9.59 Å². The quantitative estimate of drug-likeness (QED) is 0.921. The zero-order chi connectivity index (χ0) is 15.6. The van der Waals surface area contributed by atoms with Crippen LogP contribution in [0.4, 0.5) is 5.69 Å². The van der Waals surface area contributed by atoms with Gasteiger partial charge in [0.15, 0.2) is 0 Å². The van der Waals surface area contributed by atoms with Crippen LogP contribution < -0.4 is 10.9 Å². The van der Waals surface area contributed by atoms with Gasteiger partial charge in [0.1, 0.15) is 0 Å². The van der Waals surface area contributed by atoms with Crippen molar-refractivity contribution in [2.45, 2.75) is 26.2 Å². The number of aryl methyl sites for hydroxylation is 1. The lowest BCUT2D eigenvalue weighted by atomic mass is 9.86. The maximum atomic E-state index is 12.3. The molecule has 0 aliphatic rings. The van der Waals surface area contributed by atoms with Gasteiger partial charge >= 0.3 is 0 Å². The SMILES string of the molecule is Cn1cc(C(=O)Nc2ccccc2C(C)(C)C)ccc1=O. The Morgan fingerprint density at radius 2 is 1.76 bits per heavy atom. The molecule has 1 heterocycles. The minimum atomic E-state index is -0.220. The molecule has 0 bridgehead atoms. The van der Waals surface area contributed by atoms with Crippen LogP contribution >= 0.6 is 0 Å². The van der Waals surface area contributed by atoms with Crippen LogP contribution in [0, 0.1) is 0 Å². The van der Waals surface area contributed by atoms with Crippen molar-refractivity contribution in [1.82, 2.24) is 4.57 Å². The van der Waals surface area contributed by atoms with Gasteiger partial charge in [-0.15, -0.1) is 0 Å². The van der Waals surface area contributed by atoms with Gasteiger partial charge in [-0.2, -0.15) is 0 Å². The topological polar surface area (TPSA) is 51.1 Å². The van der Waals surface area contributed by atoms with Crippen LogP contribution in [0.1, 0.15) is 36.7 Å². The number of amides is 1. The molecule has 0 aliphatic heterocycles. The third-order valence-electron chi connectivity index (χ3n) is 3.33. The number of anilines is 1. The highest BCUT2D eigenvalue weighted by Crippen LogP contribution is 2.29. The first-order valence-electron chi connectivity index (χ1n) is 6.86. The van der Waals surface area contributed by atoms with Crippen molar-refractivity contribution in [3.63, 3.8) is 0 Å². The normalized spacial score (nSPS) is 11.2. The summed E-state index contributed by atoms with van der Waals surface area (Å²) in [6.45, 7) is 6.30. The van der Waals surface area contributed by atoms with Crippen LogP contribution in [0.25, 0.3) is 0 Å². The second-order valence-electron chi connectivity index (χ2n) is 6.12. The number of pyridine rings is 1. The Labute approximate surface area is 124 Å². The highest BCUT2D eigenvalue weighted by Gasteiger charge is 2.19. The van der Waals surface area contributed by atoms with E-state index >= 15 is 0 Å². The van der Waals surface area contributed by atoms with Gasteiger partial charge in [0.25, 0.3) is 5.91 Å². The molecular formula is C17H20N2O2. The van der Waals surface area contributed by atoms with E-state index in [0.717, 1.165) is 11.3 Å². The monoisotopic (exact) mass is 284 g/mol. The molecule has 0 saturated carbocycles. The summed E-state index contributed by atoms with van der Waals surface area (Å²) in [4.78, 5) is 23.7. The van der Waals surface area contributed by atoms with Gasteiger partial charge in [0.2, 0.25) is 5.56 Å². The highest BCUT2D eigenvalue weighted by atomic mass is 16.2. The second-order valence-corrected chi connectivity index (χ2v) is 6.12. The number of benzene rings is 1. The highest BCUT2D eigenvalue weighted by molar-refractivity contribution is 6.04. The molecule has 1 aromatic carbocycles. The number of rotatable bonds is 2. The molecule has 0 saturated heterocycles. The first-order chi connectivity index (χ1) is 9.79. The lowest BCUT2D eigenvalue weighted by molar-refractivity contribution is 0.102. The molecule has 110 valence electrons. The Hall–Kier alpha value is -2.36. The Bertz CT molecular complexity index is 724.